The number of benzene rings is 2. The fraction of sp³-hybridized carbons (Fsp3) is 0.409. The normalized spacial score (nSPS) is 11.4. The fourth-order valence-corrected chi connectivity index (χ4v) is 2.87. The summed E-state index contributed by atoms with van der Waals surface area (Å²) >= 11 is 5.45. The number of ether oxygens (including phenoxy) is 3. The van der Waals surface area contributed by atoms with E-state index in [-0.39, 0.29) is 6.04 Å². The van der Waals surface area contributed by atoms with E-state index in [9.17, 15) is 0 Å². The van der Waals surface area contributed by atoms with Crippen molar-refractivity contribution >= 4 is 23.0 Å². The van der Waals surface area contributed by atoms with E-state index in [0.717, 1.165) is 41.3 Å². The van der Waals surface area contributed by atoms with Crippen LogP contribution in [0.2, 0.25) is 0 Å². The number of rotatable bonds is 10. The minimum atomic E-state index is 0.0162. The summed E-state index contributed by atoms with van der Waals surface area (Å²) in [6, 6.07) is 13.7. The van der Waals surface area contributed by atoms with E-state index in [1.165, 1.54) is 0 Å². The fourth-order valence-electron chi connectivity index (χ4n) is 2.57. The molecule has 0 bridgehead atoms. The molecule has 1 atom stereocenters. The Hall–Kier alpha value is -2.47. The molecule has 0 saturated heterocycles. The van der Waals surface area contributed by atoms with E-state index in [4.69, 9.17) is 26.4 Å². The van der Waals surface area contributed by atoms with Gasteiger partial charge in [-0.25, -0.2) is 0 Å². The van der Waals surface area contributed by atoms with Crippen LogP contribution in [-0.4, -0.2) is 25.4 Å². The lowest BCUT2D eigenvalue weighted by molar-refractivity contribution is 0.268. The van der Waals surface area contributed by atoms with Crippen molar-refractivity contribution in [3.63, 3.8) is 0 Å². The van der Waals surface area contributed by atoms with E-state index in [0.29, 0.717) is 18.3 Å². The summed E-state index contributed by atoms with van der Waals surface area (Å²) in [7, 11) is 1.65. The summed E-state index contributed by atoms with van der Waals surface area (Å²) in [5, 5.41) is 7.06. The van der Waals surface area contributed by atoms with Crippen molar-refractivity contribution in [3.8, 4) is 17.2 Å². The van der Waals surface area contributed by atoms with Crippen molar-refractivity contribution in [3.05, 3.63) is 48.0 Å². The van der Waals surface area contributed by atoms with Gasteiger partial charge in [0.15, 0.2) is 16.6 Å². The van der Waals surface area contributed by atoms with Crippen LogP contribution < -0.4 is 24.8 Å². The van der Waals surface area contributed by atoms with E-state index in [1.54, 1.807) is 7.11 Å². The van der Waals surface area contributed by atoms with Gasteiger partial charge in [-0.2, -0.15) is 0 Å². The van der Waals surface area contributed by atoms with E-state index >= 15 is 0 Å². The lowest BCUT2D eigenvalue weighted by Crippen LogP contribution is -2.30. The van der Waals surface area contributed by atoms with Gasteiger partial charge in [-0.05, 0) is 73.9 Å². The van der Waals surface area contributed by atoms with Crippen molar-refractivity contribution < 1.29 is 14.2 Å². The smallest absolute Gasteiger partial charge is 0.171 e. The predicted octanol–water partition coefficient (Wildman–Crippen LogP) is 5.32. The molecule has 28 heavy (non-hydrogen) atoms. The van der Waals surface area contributed by atoms with Gasteiger partial charge in [0.25, 0.3) is 0 Å². The van der Waals surface area contributed by atoms with Crippen LogP contribution in [0.5, 0.6) is 17.2 Å². The van der Waals surface area contributed by atoms with Gasteiger partial charge in [-0.3, -0.25) is 0 Å². The van der Waals surface area contributed by atoms with E-state index < -0.39 is 0 Å². The standard InChI is InChI=1S/C22H30N2O3S/c1-5-13-26-20-12-7-17(15-21(20)27-14-6-2)16(3)23-22(28)24-18-8-10-19(25-4)11-9-18/h7-12,15-16H,5-6,13-14H2,1-4H3,(H2,23,24,28)/t16-/m1/s1. The Kier molecular flexibility index (Phi) is 8.88. The molecule has 0 saturated carbocycles. The quantitative estimate of drug-likeness (QED) is 0.525. The largest absolute Gasteiger partial charge is 0.497 e. The second-order valence-corrected chi connectivity index (χ2v) is 6.86. The molecule has 0 aliphatic rings. The minimum Gasteiger partial charge on any atom is -0.497 e. The van der Waals surface area contributed by atoms with Gasteiger partial charge < -0.3 is 24.8 Å². The molecule has 2 N–H and O–H groups in total. The topological polar surface area (TPSA) is 51.8 Å². The van der Waals surface area contributed by atoms with Crippen LogP contribution in [0.3, 0.4) is 0 Å². The number of nitrogens with one attached hydrogen (secondary N) is 2. The van der Waals surface area contributed by atoms with Gasteiger partial charge in [0.1, 0.15) is 5.75 Å². The molecule has 152 valence electrons. The zero-order chi connectivity index (χ0) is 20.4. The summed E-state index contributed by atoms with van der Waals surface area (Å²) in [5.41, 5.74) is 1.98. The average molecular weight is 403 g/mol. The second kappa shape index (κ2) is 11.4. The van der Waals surface area contributed by atoms with Gasteiger partial charge in [0.05, 0.1) is 26.4 Å². The molecule has 0 radical (unpaired) electrons. The molecule has 0 unspecified atom stereocenters. The molecule has 0 aliphatic carbocycles. The van der Waals surface area contributed by atoms with Crippen molar-refractivity contribution in [2.75, 3.05) is 25.6 Å². The molecule has 5 nitrogen and oxygen atoms in total. The molecular formula is C22H30N2O3S. The van der Waals surface area contributed by atoms with E-state index in [2.05, 4.69) is 31.4 Å². The third-order valence-electron chi connectivity index (χ3n) is 4.09. The van der Waals surface area contributed by atoms with Crippen LogP contribution in [0.1, 0.15) is 45.2 Å². The summed E-state index contributed by atoms with van der Waals surface area (Å²) in [6.45, 7) is 7.57. The van der Waals surface area contributed by atoms with Gasteiger partial charge in [-0.15, -0.1) is 0 Å². The van der Waals surface area contributed by atoms with Gasteiger partial charge in [0.2, 0.25) is 0 Å². The van der Waals surface area contributed by atoms with Gasteiger partial charge >= 0.3 is 0 Å². The number of hydrogen-bond acceptors (Lipinski definition) is 4. The van der Waals surface area contributed by atoms with E-state index in [1.807, 2.05) is 42.5 Å². The maximum atomic E-state index is 5.88. The maximum Gasteiger partial charge on any atom is 0.171 e. The van der Waals surface area contributed by atoms with Crippen LogP contribution in [0.4, 0.5) is 5.69 Å². The molecular weight excluding hydrogens is 372 g/mol. The maximum absolute atomic E-state index is 5.88. The van der Waals surface area contributed by atoms with Crippen LogP contribution in [0.25, 0.3) is 0 Å². The van der Waals surface area contributed by atoms with Crippen molar-refractivity contribution in [2.45, 2.75) is 39.7 Å². The van der Waals surface area contributed by atoms with Crippen molar-refractivity contribution in [1.29, 1.82) is 0 Å². The zero-order valence-corrected chi connectivity index (χ0v) is 17.9. The third kappa shape index (κ3) is 6.60. The number of anilines is 1. The second-order valence-electron chi connectivity index (χ2n) is 6.45. The Balaban J connectivity index is 2.02. The summed E-state index contributed by atoms with van der Waals surface area (Å²) in [5.74, 6) is 2.36. The monoisotopic (exact) mass is 402 g/mol. The Morgan fingerprint density at radius 3 is 2.21 bits per heavy atom. The van der Waals surface area contributed by atoms with Gasteiger partial charge in [-0.1, -0.05) is 19.9 Å². The zero-order valence-electron chi connectivity index (χ0n) is 17.1. The molecule has 0 aromatic heterocycles. The number of methoxy groups -OCH3 is 1. The summed E-state index contributed by atoms with van der Waals surface area (Å²) in [4.78, 5) is 0. The Morgan fingerprint density at radius 2 is 1.61 bits per heavy atom. The first-order valence-electron chi connectivity index (χ1n) is 9.68. The van der Waals surface area contributed by atoms with Crippen LogP contribution in [-0.2, 0) is 0 Å². The molecule has 0 spiro atoms. The third-order valence-corrected chi connectivity index (χ3v) is 4.31. The summed E-state index contributed by atoms with van der Waals surface area (Å²) in [6.07, 6.45) is 1.90. The predicted molar refractivity (Wildman–Crippen MR) is 119 cm³/mol. The first-order valence-corrected chi connectivity index (χ1v) is 10.1. The first kappa shape index (κ1) is 21.8. The van der Waals surface area contributed by atoms with Crippen molar-refractivity contribution in [2.24, 2.45) is 0 Å². The number of hydrogen-bond donors (Lipinski definition) is 2. The molecule has 0 amide bonds. The highest BCUT2D eigenvalue weighted by molar-refractivity contribution is 7.80. The van der Waals surface area contributed by atoms with Crippen LogP contribution in [0.15, 0.2) is 42.5 Å². The average Bonchev–Trinajstić information content (AvgIpc) is 2.71. The van der Waals surface area contributed by atoms with Crippen molar-refractivity contribution in [1.82, 2.24) is 5.32 Å². The number of thiocarbonyl (C=S) groups is 1. The Bertz CT molecular complexity index is 750. The molecule has 0 aliphatic heterocycles. The summed E-state index contributed by atoms with van der Waals surface area (Å²) < 4.78 is 16.9. The first-order chi connectivity index (χ1) is 13.6. The highest BCUT2D eigenvalue weighted by Gasteiger charge is 2.12. The van der Waals surface area contributed by atoms with Gasteiger partial charge in [0, 0.05) is 5.69 Å². The lowest BCUT2D eigenvalue weighted by Gasteiger charge is -2.20. The lowest BCUT2D eigenvalue weighted by atomic mass is 10.1. The molecule has 2 aromatic rings. The SMILES string of the molecule is CCCOc1ccc([C@@H](C)NC(=S)Nc2ccc(OC)cc2)cc1OCCC. The molecule has 2 rings (SSSR count). The highest BCUT2D eigenvalue weighted by atomic mass is 32.1. The molecule has 0 fully saturated rings. The molecule has 0 heterocycles. The Morgan fingerprint density at radius 1 is 0.964 bits per heavy atom. The van der Waals surface area contributed by atoms with Crippen LogP contribution >= 0.6 is 12.2 Å². The highest BCUT2D eigenvalue weighted by Crippen LogP contribution is 2.31. The van der Waals surface area contributed by atoms with Crippen LogP contribution in [0, 0.1) is 0 Å². The molecule has 6 heteroatoms. The minimum absolute atomic E-state index is 0.0162. The Labute approximate surface area is 173 Å². The molecule has 2 aromatic carbocycles.